The molecule has 4 aromatic rings. The summed E-state index contributed by atoms with van der Waals surface area (Å²) < 4.78 is 111. The molecule has 2 nitrogen and oxygen atoms in total. The third kappa shape index (κ3) is 6.11. The van der Waals surface area contributed by atoms with Crippen LogP contribution in [0.1, 0.15) is 11.1 Å². The molecule has 0 aromatic heterocycles. The van der Waals surface area contributed by atoms with Crippen LogP contribution in [0.2, 0.25) is 0 Å². The molecule has 0 radical (unpaired) electrons. The number of hydrogen-bond acceptors (Lipinski definition) is 2. The standard InChI is InChI=1S/C20H16NOS.C6BF8/c21-15-17-11-13-18(14-12-17)16-23(22,19-7-3-1-4-8-19)20-9-5-2-6-10-20;8-2-1(7(13,14)15)3(9)5(11)6(12)4(2)10/h1-14H,16H2;/q+1;-1. The minimum atomic E-state index is -6.30. The van der Waals surface area contributed by atoms with Gasteiger partial charge in [0.25, 0.3) is 0 Å². The zero-order valence-electron chi connectivity index (χ0n) is 19.2. The number of nitriles is 1. The van der Waals surface area contributed by atoms with E-state index in [4.69, 9.17) is 5.26 Å². The average Bonchev–Trinajstić information content (AvgIpc) is 2.92. The second kappa shape index (κ2) is 11.6. The Labute approximate surface area is 213 Å². The molecule has 0 unspecified atom stereocenters. The van der Waals surface area contributed by atoms with Gasteiger partial charge in [-0.15, -0.1) is 0 Å². The molecule has 12 heteroatoms. The molecule has 0 spiro atoms. The highest BCUT2D eigenvalue weighted by molar-refractivity contribution is 8.02. The molecule has 0 aliphatic rings. The second-order valence-corrected chi connectivity index (χ2v) is 10.4. The summed E-state index contributed by atoms with van der Waals surface area (Å²) in [5.74, 6) is -13.1. The Kier molecular flexibility index (Phi) is 8.73. The van der Waals surface area contributed by atoms with Crippen molar-refractivity contribution in [3.63, 3.8) is 0 Å². The van der Waals surface area contributed by atoms with Gasteiger partial charge in [0.05, 0.1) is 11.6 Å². The number of halogens is 8. The van der Waals surface area contributed by atoms with E-state index in [1.807, 2.05) is 72.8 Å². The van der Waals surface area contributed by atoms with Crippen LogP contribution in [0.4, 0.5) is 34.9 Å². The molecule has 0 amide bonds. The van der Waals surface area contributed by atoms with Crippen molar-refractivity contribution >= 4 is 22.4 Å². The van der Waals surface area contributed by atoms with Crippen molar-refractivity contribution in [2.24, 2.45) is 0 Å². The first-order chi connectivity index (χ1) is 17.9. The van der Waals surface area contributed by atoms with Gasteiger partial charge in [-0.05, 0) is 41.9 Å². The maximum atomic E-state index is 13.8. The van der Waals surface area contributed by atoms with Crippen molar-refractivity contribution in [2.75, 3.05) is 0 Å². The van der Waals surface area contributed by atoms with E-state index in [0.717, 1.165) is 15.4 Å². The number of rotatable bonds is 5. The van der Waals surface area contributed by atoms with Crippen LogP contribution >= 0.6 is 0 Å². The van der Waals surface area contributed by atoms with Gasteiger partial charge >= 0.3 is 6.98 Å². The topological polar surface area (TPSA) is 40.9 Å². The maximum Gasteiger partial charge on any atom is 0.515 e. The molecule has 0 saturated carbocycles. The third-order valence-corrected chi connectivity index (χ3v) is 8.08. The van der Waals surface area contributed by atoms with Crippen molar-refractivity contribution in [2.45, 2.75) is 15.5 Å². The van der Waals surface area contributed by atoms with Crippen molar-refractivity contribution in [3.05, 3.63) is 125 Å². The first-order valence-electron chi connectivity index (χ1n) is 10.7. The highest BCUT2D eigenvalue weighted by Gasteiger charge is 2.38. The summed E-state index contributed by atoms with van der Waals surface area (Å²) in [7, 11) is -2.40. The van der Waals surface area contributed by atoms with Crippen molar-refractivity contribution < 1.29 is 39.1 Å². The molecule has 4 aromatic carbocycles. The average molecular weight is 553 g/mol. The molecule has 0 atom stereocenters. The zero-order valence-corrected chi connectivity index (χ0v) is 20.0. The van der Waals surface area contributed by atoms with Crippen molar-refractivity contribution in [3.8, 4) is 6.07 Å². The van der Waals surface area contributed by atoms with E-state index >= 15 is 0 Å². The largest absolute Gasteiger partial charge is 0.515 e. The lowest BCUT2D eigenvalue weighted by Crippen LogP contribution is -2.41. The molecule has 0 aliphatic carbocycles. The monoisotopic (exact) mass is 553 g/mol. The Hall–Kier alpha value is -3.98. The predicted molar refractivity (Wildman–Crippen MR) is 127 cm³/mol. The molecular weight excluding hydrogens is 537 g/mol. The summed E-state index contributed by atoms with van der Waals surface area (Å²) in [6.07, 6.45) is 0. The predicted octanol–water partition coefficient (Wildman–Crippen LogP) is 7.11. The van der Waals surface area contributed by atoms with E-state index in [9.17, 15) is 39.1 Å². The van der Waals surface area contributed by atoms with E-state index in [2.05, 4.69) is 6.07 Å². The van der Waals surface area contributed by atoms with Crippen LogP contribution in [-0.4, -0.2) is 6.98 Å². The van der Waals surface area contributed by atoms with Crippen LogP contribution < -0.4 is 5.46 Å². The molecule has 0 N–H and O–H groups in total. The molecule has 0 bridgehead atoms. The maximum absolute atomic E-state index is 13.8. The third-order valence-electron chi connectivity index (χ3n) is 5.27. The fourth-order valence-corrected chi connectivity index (χ4v) is 5.86. The Bertz CT molecular complexity index is 1430. The Balaban J connectivity index is 0.000000232. The minimum absolute atomic E-state index is 0.423. The van der Waals surface area contributed by atoms with Gasteiger partial charge in [-0.3, -0.25) is 0 Å². The molecule has 0 aliphatic heterocycles. The van der Waals surface area contributed by atoms with Crippen LogP contribution in [0.3, 0.4) is 0 Å². The summed E-state index contributed by atoms with van der Waals surface area (Å²) in [4.78, 5) is 1.66. The lowest BCUT2D eigenvalue weighted by atomic mass is 9.79. The van der Waals surface area contributed by atoms with Gasteiger partial charge in [-0.2, -0.15) is 5.26 Å². The molecular formula is C26H16BF8NOS. The molecule has 4 rings (SSSR count). The summed E-state index contributed by atoms with van der Waals surface area (Å²) >= 11 is 0. The van der Waals surface area contributed by atoms with Crippen LogP contribution in [0.15, 0.2) is 94.7 Å². The molecule has 0 saturated heterocycles. The normalized spacial score (nSPS) is 11.3. The van der Waals surface area contributed by atoms with E-state index < -0.39 is 51.5 Å². The smallest absolute Gasteiger partial charge is 0.445 e. The van der Waals surface area contributed by atoms with Crippen molar-refractivity contribution in [1.29, 1.82) is 5.26 Å². The first kappa shape index (κ1) is 28.6. The first-order valence-corrected chi connectivity index (χ1v) is 12.4. The fraction of sp³-hybridized carbons (Fsp3) is 0.0385. The van der Waals surface area contributed by atoms with Gasteiger partial charge in [0, 0.05) is 5.56 Å². The quantitative estimate of drug-likeness (QED) is 0.0869. The highest BCUT2D eigenvalue weighted by atomic mass is 32.2. The molecule has 0 heterocycles. The van der Waals surface area contributed by atoms with Crippen LogP contribution in [0, 0.1) is 40.4 Å². The van der Waals surface area contributed by atoms with Crippen LogP contribution in [0.5, 0.6) is 0 Å². The number of nitrogens with zero attached hydrogens (tertiary/aromatic N) is 1. The Morgan fingerprint density at radius 2 is 1.03 bits per heavy atom. The van der Waals surface area contributed by atoms with Crippen LogP contribution in [-0.2, 0) is 19.9 Å². The summed E-state index contributed by atoms with van der Waals surface area (Å²) in [5, 5.41) is 8.91. The number of hydrogen-bond donors (Lipinski definition) is 0. The van der Waals surface area contributed by atoms with Gasteiger partial charge in [-0.25, -0.2) is 22.0 Å². The zero-order chi connectivity index (χ0) is 28.1. The second-order valence-electron chi connectivity index (χ2n) is 7.81. The van der Waals surface area contributed by atoms with E-state index in [-0.39, 0.29) is 0 Å². The lowest BCUT2D eigenvalue weighted by molar-refractivity contribution is 0.377. The van der Waals surface area contributed by atoms with E-state index in [0.29, 0.717) is 11.3 Å². The Morgan fingerprint density at radius 3 is 1.39 bits per heavy atom. The fourth-order valence-electron chi connectivity index (χ4n) is 3.40. The van der Waals surface area contributed by atoms with Gasteiger partial charge in [0.1, 0.15) is 17.4 Å². The van der Waals surface area contributed by atoms with Crippen molar-refractivity contribution in [1.82, 2.24) is 0 Å². The van der Waals surface area contributed by atoms with E-state index in [1.165, 1.54) is 0 Å². The van der Waals surface area contributed by atoms with E-state index in [1.54, 1.807) is 12.1 Å². The highest BCUT2D eigenvalue weighted by Crippen LogP contribution is 2.32. The molecule has 0 fully saturated rings. The van der Waals surface area contributed by atoms with Gasteiger partial charge in [0.2, 0.25) is 0 Å². The van der Waals surface area contributed by atoms with Gasteiger partial charge in [0.15, 0.2) is 37.2 Å². The Morgan fingerprint density at radius 1 is 0.632 bits per heavy atom. The van der Waals surface area contributed by atoms with Gasteiger partial charge < -0.3 is 12.9 Å². The van der Waals surface area contributed by atoms with Gasteiger partial charge in [-0.1, -0.05) is 52.7 Å². The minimum Gasteiger partial charge on any atom is -0.445 e. The summed E-state index contributed by atoms with van der Waals surface area (Å²) in [6, 6.07) is 28.6. The number of benzene rings is 4. The molecule has 196 valence electrons. The summed E-state index contributed by atoms with van der Waals surface area (Å²) in [5.41, 5.74) is -1.16. The molecule has 38 heavy (non-hydrogen) atoms. The van der Waals surface area contributed by atoms with Crippen LogP contribution in [0.25, 0.3) is 0 Å². The summed E-state index contributed by atoms with van der Waals surface area (Å²) in [6.45, 7) is -6.30. The SMILES string of the molecule is Fc1c(F)c(F)c([B-](F)(F)F)c(F)c1F.N#Cc1ccc(C[S+](=O)(c2ccccc2)c2ccccc2)cc1. The lowest BCUT2D eigenvalue weighted by Gasteiger charge is -2.17.